The molecule has 126 valence electrons. The van der Waals surface area contributed by atoms with E-state index in [0.29, 0.717) is 37.0 Å². The van der Waals surface area contributed by atoms with Crippen molar-refractivity contribution in [2.45, 2.75) is 13.0 Å². The summed E-state index contributed by atoms with van der Waals surface area (Å²) in [5, 5.41) is 3.37. The third-order valence-corrected chi connectivity index (χ3v) is 4.12. The number of carbonyl (C=O) groups is 2. The van der Waals surface area contributed by atoms with Crippen molar-refractivity contribution in [3.63, 3.8) is 0 Å². The Labute approximate surface area is 141 Å². The van der Waals surface area contributed by atoms with E-state index in [1.165, 1.54) is 0 Å². The molecule has 0 aliphatic carbocycles. The Bertz CT molecular complexity index is 561. The molecule has 2 rings (SSSR count). The number of hydrogen-bond donors (Lipinski definition) is 1. The summed E-state index contributed by atoms with van der Waals surface area (Å²) in [5.74, 6) is -0.164. The number of anilines is 1. The normalized spacial score (nSPS) is 16.3. The number of carbonyl (C=O) groups excluding carboxylic acids is 2. The maximum absolute atomic E-state index is 12.3. The lowest BCUT2D eigenvalue weighted by molar-refractivity contribution is -0.137. The van der Waals surface area contributed by atoms with Gasteiger partial charge in [0.2, 0.25) is 11.8 Å². The second-order valence-corrected chi connectivity index (χ2v) is 6.02. The predicted molar refractivity (Wildman–Crippen MR) is 89.6 cm³/mol. The molecule has 1 atom stereocenters. The smallest absolute Gasteiger partial charge is 0.241 e. The van der Waals surface area contributed by atoms with Crippen molar-refractivity contribution in [1.29, 1.82) is 0 Å². The van der Waals surface area contributed by atoms with Gasteiger partial charge in [-0.15, -0.1) is 0 Å². The molecule has 23 heavy (non-hydrogen) atoms. The van der Waals surface area contributed by atoms with Crippen LogP contribution >= 0.6 is 11.6 Å². The number of nitrogens with zero attached hydrogens (tertiary/aromatic N) is 2. The highest BCUT2D eigenvalue weighted by molar-refractivity contribution is 6.30. The molecule has 1 aromatic rings. The van der Waals surface area contributed by atoms with Crippen molar-refractivity contribution in [2.24, 2.45) is 0 Å². The first-order valence-electron chi connectivity index (χ1n) is 7.59. The van der Waals surface area contributed by atoms with Crippen LogP contribution in [-0.4, -0.2) is 67.6 Å². The van der Waals surface area contributed by atoms with Gasteiger partial charge in [0.1, 0.15) is 0 Å². The van der Waals surface area contributed by atoms with Gasteiger partial charge in [0.15, 0.2) is 0 Å². The summed E-state index contributed by atoms with van der Waals surface area (Å²) >= 11 is 5.90. The zero-order valence-electron chi connectivity index (χ0n) is 13.4. The van der Waals surface area contributed by atoms with Crippen molar-refractivity contribution in [2.75, 3.05) is 45.2 Å². The molecule has 0 spiro atoms. The van der Waals surface area contributed by atoms with Gasteiger partial charge in [-0.25, -0.2) is 0 Å². The van der Waals surface area contributed by atoms with Crippen molar-refractivity contribution >= 4 is 29.1 Å². The molecule has 0 radical (unpaired) electrons. The SMILES string of the molecule is CC(C(=O)Nc1cccc(Cl)c1)N(C)CC(=O)N1CCOCC1. The maximum atomic E-state index is 12.3. The molecule has 7 heteroatoms. The van der Waals surface area contributed by atoms with Gasteiger partial charge < -0.3 is 15.0 Å². The minimum atomic E-state index is -0.432. The summed E-state index contributed by atoms with van der Waals surface area (Å²) in [6.07, 6.45) is 0. The van der Waals surface area contributed by atoms with E-state index >= 15 is 0 Å². The van der Waals surface area contributed by atoms with Gasteiger partial charge in [-0.3, -0.25) is 14.5 Å². The fourth-order valence-corrected chi connectivity index (χ4v) is 2.47. The molecule has 1 unspecified atom stereocenters. The second kappa shape index (κ2) is 8.29. The van der Waals surface area contributed by atoms with Crippen molar-refractivity contribution in [3.05, 3.63) is 29.3 Å². The minimum absolute atomic E-state index is 0.0122. The largest absolute Gasteiger partial charge is 0.378 e. The molecule has 1 N–H and O–H groups in total. The van der Waals surface area contributed by atoms with E-state index in [0.717, 1.165) is 0 Å². The molecule has 1 fully saturated rings. The van der Waals surface area contributed by atoms with E-state index < -0.39 is 6.04 Å². The first kappa shape index (κ1) is 17.7. The van der Waals surface area contributed by atoms with E-state index in [9.17, 15) is 9.59 Å². The van der Waals surface area contributed by atoms with Gasteiger partial charge in [-0.05, 0) is 32.2 Å². The number of hydrogen-bond acceptors (Lipinski definition) is 4. The molecule has 1 saturated heterocycles. The van der Waals surface area contributed by atoms with Crippen LogP contribution in [0.4, 0.5) is 5.69 Å². The Kier molecular flexibility index (Phi) is 6.38. The number of amides is 2. The summed E-state index contributed by atoms with van der Waals surface area (Å²) in [7, 11) is 1.76. The third-order valence-electron chi connectivity index (χ3n) is 3.88. The molecule has 1 heterocycles. The summed E-state index contributed by atoms with van der Waals surface area (Å²) in [6, 6.07) is 6.54. The summed E-state index contributed by atoms with van der Waals surface area (Å²) < 4.78 is 5.23. The Balaban J connectivity index is 1.86. The molecule has 0 aromatic heterocycles. The topological polar surface area (TPSA) is 61.9 Å². The average molecular weight is 340 g/mol. The fraction of sp³-hybridized carbons (Fsp3) is 0.500. The Hall–Kier alpha value is -1.63. The zero-order valence-corrected chi connectivity index (χ0v) is 14.2. The first-order valence-corrected chi connectivity index (χ1v) is 7.97. The monoisotopic (exact) mass is 339 g/mol. The average Bonchev–Trinajstić information content (AvgIpc) is 2.54. The Morgan fingerprint density at radius 3 is 2.74 bits per heavy atom. The van der Waals surface area contributed by atoms with E-state index in [4.69, 9.17) is 16.3 Å². The van der Waals surface area contributed by atoms with Crippen LogP contribution in [0.3, 0.4) is 0 Å². The zero-order chi connectivity index (χ0) is 16.8. The van der Waals surface area contributed by atoms with Gasteiger partial charge >= 0.3 is 0 Å². The highest BCUT2D eigenvalue weighted by Gasteiger charge is 2.23. The number of nitrogens with one attached hydrogen (secondary N) is 1. The van der Waals surface area contributed by atoms with E-state index in [1.807, 2.05) is 0 Å². The van der Waals surface area contributed by atoms with Crippen molar-refractivity contribution in [3.8, 4) is 0 Å². The second-order valence-electron chi connectivity index (χ2n) is 5.58. The molecule has 1 aromatic carbocycles. The van der Waals surface area contributed by atoms with E-state index in [2.05, 4.69) is 5.32 Å². The number of likely N-dealkylation sites (N-methyl/N-ethyl adjacent to an activating group) is 1. The molecule has 0 bridgehead atoms. The van der Waals surface area contributed by atoms with Gasteiger partial charge in [0, 0.05) is 23.8 Å². The summed E-state index contributed by atoms with van der Waals surface area (Å²) in [6.45, 7) is 4.32. The lowest BCUT2D eigenvalue weighted by Gasteiger charge is -2.30. The molecule has 1 aliphatic rings. The highest BCUT2D eigenvalue weighted by atomic mass is 35.5. The van der Waals surface area contributed by atoms with Gasteiger partial charge in [-0.1, -0.05) is 17.7 Å². The lowest BCUT2D eigenvalue weighted by Crippen LogP contribution is -2.48. The van der Waals surface area contributed by atoms with Crippen molar-refractivity contribution < 1.29 is 14.3 Å². The molecule has 0 saturated carbocycles. The van der Waals surface area contributed by atoms with Crippen LogP contribution in [0.1, 0.15) is 6.92 Å². The highest BCUT2D eigenvalue weighted by Crippen LogP contribution is 2.15. The number of rotatable bonds is 5. The van der Waals surface area contributed by atoms with E-state index in [-0.39, 0.29) is 18.4 Å². The molecule has 6 nitrogen and oxygen atoms in total. The quantitative estimate of drug-likeness (QED) is 0.882. The van der Waals surface area contributed by atoms with Crippen LogP contribution in [0, 0.1) is 0 Å². The first-order chi connectivity index (χ1) is 11.0. The number of benzene rings is 1. The third kappa shape index (κ3) is 5.20. The van der Waals surface area contributed by atoms with Gasteiger partial charge in [-0.2, -0.15) is 0 Å². The number of ether oxygens (including phenoxy) is 1. The van der Waals surface area contributed by atoms with Crippen LogP contribution in [0.25, 0.3) is 0 Å². The molecular formula is C16H22ClN3O3. The molecule has 2 amide bonds. The summed E-state index contributed by atoms with van der Waals surface area (Å²) in [5.41, 5.74) is 0.641. The van der Waals surface area contributed by atoms with Gasteiger partial charge in [0.05, 0.1) is 25.8 Å². The fourth-order valence-electron chi connectivity index (χ4n) is 2.28. The van der Waals surface area contributed by atoms with Crippen molar-refractivity contribution in [1.82, 2.24) is 9.80 Å². The summed E-state index contributed by atoms with van der Waals surface area (Å²) in [4.78, 5) is 28.0. The molecular weight excluding hydrogens is 318 g/mol. The number of halogens is 1. The van der Waals surface area contributed by atoms with Crippen LogP contribution in [-0.2, 0) is 14.3 Å². The standard InChI is InChI=1S/C16H22ClN3O3/c1-12(16(22)18-14-5-3-4-13(17)10-14)19(2)11-15(21)20-6-8-23-9-7-20/h3-5,10,12H,6-9,11H2,1-2H3,(H,18,22). The van der Waals surface area contributed by atoms with Crippen LogP contribution in [0.5, 0.6) is 0 Å². The van der Waals surface area contributed by atoms with Crippen LogP contribution in [0.2, 0.25) is 5.02 Å². The van der Waals surface area contributed by atoms with E-state index in [1.54, 1.807) is 48.0 Å². The van der Waals surface area contributed by atoms with Crippen LogP contribution in [0.15, 0.2) is 24.3 Å². The predicted octanol–water partition coefficient (Wildman–Crippen LogP) is 1.46. The van der Waals surface area contributed by atoms with Gasteiger partial charge in [0.25, 0.3) is 0 Å². The Morgan fingerprint density at radius 2 is 2.09 bits per heavy atom. The lowest BCUT2D eigenvalue weighted by atomic mass is 10.2. The molecule has 1 aliphatic heterocycles. The Morgan fingerprint density at radius 1 is 1.39 bits per heavy atom. The maximum Gasteiger partial charge on any atom is 0.241 e. The minimum Gasteiger partial charge on any atom is -0.378 e. The van der Waals surface area contributed by atoms with Crippen LogP contribution < -0.4 is 5.32 Å². The number of morpholine rings is 1.